The lowest BCUT2D eigenvalue weighted by molar-refractivity contribution is 0.211. The zero-order valence-electron chi connectivity index (χ0n) is 10.5. The zero-order chi connectivity index (χ0) is 12.8. The number of anilines is 1. The van der Waals surface area contributed by atoms with E-state index >= 15 is 0 Å². The zero-order valence-corrected chi connectivity index (χ0v) is 10.5. The third-order valence-electron chi connectivity index (χ3n) is 4.42. The van der Waals surface area contributed by atoms with E-state index in [1.165, 1.54) is 12.7 Å². The second-order valence-electron chi connectivity index (χ2n) is 5.52. The van der Waals surface area contributed by atoms with Gasteiger partial charge in [-0.1, -0.05) is 0 Å². The molecule has 4 rings (SSSR count). The Kier molecular flexibility index (Phi) is 2.35. The lowest BCUT2D eigenvalue weighted by Gasteiger charge is -2.40. The summed E-state index contributed by atoms with van der Waals surface area (Å²) < 4.78 is 0. The molecule has 1 aromatic heterocycles. The molecule has 1 aliphatic carbocycles. The average molecular weight is 256 g/mol. The van der Waals surface area contributed by atoms with Crippen molar-refractivity contribution in [1.29, 1.82) is 0 Å². The Balaban J connectivity index is 1.67. The van der Waals surface area contributed by atoms with Crippen molar-refractivity contribution in [2.24, 2.45) is 11.8 Å². The number of fused-ring (bicyclic) bond motifs is 2. The van der Waals surface area contributed by atoms with E-state index in [0.29, 0.717) is 12.0 Å². The van der Waals surface area contributed by atoms with Gasteiger partial charge in [-0.15, -0.1) is 0 Å². The summed E-state index contributed by atoms with van der Waals surface area (Å²) in [6.07, 6.45) is 4.50. The minimum absolute atomic E-state index is 0.245. The van der Waals surface area contributed by atoms with E-state index in [2.05, 4.69) is 20.6 Å². The smallest absolute Gasteiger partial charge is 0.119 e. The van der Waals surface area contributed by atoms with Crippen LogP contribution in [-0.2, 0) is 0 Å². The molecule has 5 nitrogen and oxygen atoms in total. The molecule has 0 unspecified atom stereocenters. The number of aromatic nitrogens is 2. The third-order valence-corrected chi connectivity index (χ3v) is 4.42. The van der Waals surface area contributed by atoms with Gasteiger partial charge in [-0.3, -0.25) is 0 Å². The summed E-state index contributed by atoms with van der Waals surface area (Å²) in [5.74, 6) is 1.77. The van der Waals surface area contributed by atoms with Crippen molar-refractivity contribution in [3.8, 4) is 5.75 Å². The maximum absolute atomic E-state index is 9.79. The number of nitrogens with one attached hydrogen (secondary N) is 2. The minimum Gasteiger partial charge on any atom is -0.508 e. The maximum atomic E-state index is 9.79. The standard InChI is InChI=1S/C14H16N4O/c19-9-2-12-11(6-16-7-17-12)14(3-9)18-13-1-8-4-15-5-10(8)13/h2-3,6-8,10,13,15,18-19H,1,4-5H2/t8-,10+,13-/m1/s1. The summed E-state index contributed by atoms with van der Waals surface area (Å²) in [7, 11) is 0. The Hall–Kier alpha value is -1.88. The topological polar surface area (TPSA) is 70.1 Å². The van der Waals surface area contributed by atoms with Crippen LogP contribution < -0.4 is 10.6 Å². The van der Waals surface area contributed by atoms with Crippen LogP contribution in [0.3, 0.4) is 0 Å². The molecular formula is C14H16N4O. The van der Waals surface area contributed by atoms with Crippen LogP contribution in [0, 0.1) is 11.8 Å². The third kappa shape index (κ3) is 1.73. The number of benzene rings is 1. The average Bonchev–Trinajstić information content (AvgIpc) is 2.77. The summed E-state index contributed by atoms with van der Waals surface area (Å²) in [5.41, 5.74) is 1.71. The number of hydrogen-bond acceptors (Lipinski definition) is 5. The monoisotopic (exact) mass is 256 g/mol. The Labute approximate surface area is 111 Å². The van der Waals surface area contributed by atoms with E-state index in [4.69, 9.17) is 0 Å². The van der Waals surface area contributed by atoms with Gasteiger partial charge in [-0.05, 0) is 24.8 Å². The highest BCUT2D eigenvalue weighted by Gasteiger charge is 2.43. The van der Waals surface area contributed by atoms with Gasteiger partial charge >= 0.3 is 0 Å². The fraction of sp³-hybridized carbons (Fsp3) is 0.429. The first-order valence-corrected chi connectivity index (χ1v) is 6.71. The molecule has 2 fully saturated rings. The van der Waals surface area contributed by atoms with Crippen molar-refractivity contribution in [1.82, 2.24) is 15.3 Å². The molecule has 3 atom stereocenters. The molecule has 1 saturated heterocycles. The number of phenolic OH excluding ortho intramolecular Hbond substituents is 1. The molecule has 3 N–H and O–H groups in total. The number of hydrogen-bond donors (Lipinski definition) is 3. The van der Waals surface area contributed by atoms with Gasteiger partial charge in [0.25, 0.3) is 0 Å². The second-order valence-corrected chi connectivity index (χ2v) is 5.52. The molecule has 19 heavy (non-hydrogen) atoms. The number of aromatic hydroxyl groups is 1. The van der Waals surface area contributed by atoms with E-state index in [1.54, 1.807) is 18.3 Å². The van der Waals surface area contributed by atoms with Crippen molar-refractivity contribution in [2.75, 3.05) is 18.4 Å². The van der Waals surface area contributed by atoms with Gasteiger partial charge in [0.05, 0.1) is 5.52 Å². The Morgan fingerprint density at radius 3 is 3.16 bits per heavy atom. The Bertz CT molecular complexity index is 630. The molecule has 98 valence electrons. The fourth-order valence-corrected chi connectivity index (χ4v) is 3.34. The fourth-order valence-electron chi connectivity index (χ4n) is 3.34. The van der Waals surface area contributed by atoms with Gasteiger partial charge in [0.1, 0.15) is 12.1 Å². The van der Waals surface area contributed by atoms with Crippen molar-refractivity contribution in [3.05, 3.63) is 24.7 Å². The molecule has 1 aliphatic heterocycles. The van der Waals surface area contributed by atoms with Gasteiger partial charge in [0.2, 0.25) is 0 Å². The molecule has 0 amide bonds. The van der Waals surface area contributed by atoms with E-state index in [9.17, 15) is 5.11 Å². The number of nitrogens with zero attached hydrogens (tertiary/aromatic N) is 2. The van der Waals surface area contributed by atoms with Crippen LogP contribution in [-0.4, -0.2) is 34.2 Å². The van der Waals surface area contributed by atoms with Crippen LogP contribution in [0.5, 0.6) is 5.75 Å². The first-order chi connectivity index (χ1) is 9.31. The van der Waals surface area contributed by atoms with Gasteiger partial charge in [-0.2, -0.15) is 0 Å². The van der Waals surface area contributed by atoms with Crippen molar-refractivity contribution >= 4 is 16.6 Å². The van der Waals surface area contributed by atoms with E-state index in [0.717, 1.165) is 35.6 Å². The first kappa shape index (κ1) is 11.0. The van der Waals surface area contributed by atoms with E-state index < -0.39 is 0 Å². The minimum atomic E-state index is 0.245. The molecule has 0 bridgehead atoms. The van der Waals surface area contributed by atoms with Gasteiger partial charge in [0, 0.05) is 42.0 Å². The molecule has 1 aromatic carbocycles. The second kappa shape index (κ2) is 4.06. The molecule has 1 saturated carbocycles. The quantitative estimate of drug-likeness (QED) is 0.756. The van der Waals surface area contributed by atoms with Crippen LogP contribution in [0.2, 0.25) is 0 Å². The summed E-state index contributed by atoms with van der Waals surface area (Å²) in [5, 5.41) is 17.7. The van der Waals surface area contributed by atoms with Crippen molar-refractivity contribution in [2.45, 2.75) is 12.5 Å². The summed E-state index contributed by atoms with van der Waals surface area (Å²) >= 11 is 0. The predicted octanol–water partition coefficient (Wildman–Crippen LogP) is 1.36. The molecule has 2 heterocycles. The highest BCUT2D eigenvalue weighted by molar-refractivity contribution is 5.92. The van der Waals surface area contributed by atoms with Crippen LogP contribution >= 0.6 is 0 Å². The highest BCUT2D eigenvalue weighted by atomic mass is 16.3. The predicted molar refractivity (Wildman–Crippen MR) is 73.1 cm³/mol. The molecular weight excluding hydrogens is 240 g/mol. The summed E-state index contributed by atoms with van der Waals surface area (Å²) in [6, 6.07) is 3.93. The molecule has 2 aliphatic rings. The normalized spacial score (nSPS) is 28.9. The molecule has 0 spiro atoms. The van der Waals surface area contributed by atoms with Crippen LogP contribution in [0.15, 0.2) is 24.7 Å². The number of rotatable bonds is 2. The summed E-state index contributed by atoms with van der Waals surface area (Å²) in [6.45, 7) is 2.24. The van der Waals surface area contributed by atoms with Crippen LogP contribution in [0.25, 0.3) is 10.9 Å². The highest BCUT2D eigenvalue weighted by Crippen LogP contribution is 2.40. The lowest BCUT2D eigenvalue weighted by Crippen LogP contribution is -2.45. The maximum Gasteiger partial charge on any atom is 0.119 e. The van der Waals surface area contributed by atoms with Crippen molar-refractivity contribution < 1.29 is 5.11 Å². The lowest BCUT2D eigenvalue weighted by atomic mass is 9.71. The molecule has 2 aromatic rings. The SMILES string of the molecule is Oc1cc(N[C@@H]2C[C@@H]3CNC[C@@H]32)c2cncnc2c1. The van der Waals surface area contributed by atoms with Gasteiger partial charge < -0.3 is 15.7 Å². The van der Waals surface area contributed by atoms with Crippen LogP contribution in [0.1, 0.15) is 6.42 Å². The van der Waals surface area contributed by atoms with Gasteiger partial charge in [-0.25, -0.2) is 9.97 Å². The van der Waals surface area contributed by atoms with Crippen molar-refractivity contribution in [3.63, 3.8) is 0 Å². The van der Waals surface area contributed by atoms with E-state index in [-0.39, 0.29) is 5.75 Å². The van der Waals surface area contributed by atoms with Crippen LogP contribution in [0.4, 0.5) is 5.69 Å². The Morgan fingerprint density at radius 2 is 2.26 bits per heavy atom. The van der Waals surface area contributed by atoms with E-state index in [1.807, 2.05) is 0 Å². The molecule has 5 heteroatoms. The number of phenols is 1. The molecule has 0 radical (unpaired) electrons. The van der Waals surface area contributed by atoms with Gasteiger partial charge in [0.15, 0.2) is 0 Å². The largest absolute Gasteiger partial charge is 0.508 e. The first-order valence-electron chi connectivity index (χ1n) is 6.71. The Morgan fingerprint density at radius 1 is 1.32 bits per heavy atom. The summed E-state index contributed by atoms with van der Waals surface area (Å²) in [4.78, 5) is 8.27.